The predicted molar refractivity (Wildman–Crippen MR) is 82.5 cm³/mol. The molecular formula is C16H21N3O2. The summed E-state index contributed by atoms with van der Waals surface area (Å²) in [5.74, 6) is 0.881. The van der Waals surface area contributed by atoms with E-state index in [0.29, 0.717) is 11.0 Å². The molecule has 1 aliphatic carbocycles. The van der Waals surface area contributed by atoms with Gasteiger partial charge >= 0.3 is 0 Å². The molecule has 5 nitrogen and oxygen atoms in total. The van der Waals surface area contributed by atoms with E-state index in [1.807, 2.05) is 6.07 Å². The first-order valence-corrected chi connectivity index (χ1v) is 7.61. The zero-order chi connectivity index (χ0) is 14.9. The summed E-state index contributed by atoms with van der Waals surface area (Å²) in [5, 5.41) is 10.9. The SMILES string of the molecule is Cc1cc(N2CCCC3(CC=CCC3)C2)ncc1[N+](=O)[O-]. The highest BCUT2D eigenvalue weighted by molar-refractivity contribution is 5.49. The molecule has 0 bridgehead atoms. The number of allylic oxidation sites excluding steroid dienone is 2. The quantitative estimate of drug-likeness (QED) is 0.473. The summed E-state index contributed by atoms with van der Waals surface area (Å²) >= 11 is 0. The average Bonchev–Trinajstić information content (AvgIpc) is 2.47. The first kappa shape index (κ1) is 14.0. The zero-order valence-corrected chi connectivity index (χ0v) is 12.4. The summed E-state index contributed by atoms with van der Waals surface area (Å²) in [6.45, 7) is 3.80. The third-order valence-electron chi connectivity index (χ3n) is 4.81. The van der Waals surface area contributed by atoms with Gasteiger partial charge in [-0.1, -0.05) is 12.2 Å². The smallest absolute Gasteiger partial charge is 0.290 e. The maximum atomic E-state index is 10.9. The Hall–Kier alpha value is -1.91. The highest BCUT2D eigenvalue weighted by Gasteiger charge is 2.35. The lowest BCUT2D eigenvalue weighted by molar-refractivity contribution is -0.385. The van der Waals surface area contributed by atoms with E-state index in [4.69, 9.17) is 0 Å². The molecular weight excluding hydrogens is 266 g/mol. The molecule has 1 fully saturated rings. The van der Waals surface area contributed by atoms with Gasteiger partial charge in [0.15, 0.2) is 0 Å². The number of piperidine rings is 1. The molecule has 5 heteroatoms. The molecule has 0 aromatic carbocycles. The maximum Gasteiger partial charge on any atom is 0.290 e. The van der Waals surface area contributed by atoms with Crippen molar-refractivity contribution in [3.8, 4) is 0 Å². The maximum absolute atomic E-state index is 10.9. The lowest BCUT2D eigenvalue weighted by atomic mass is 9.71. The van der Waals surface area contributed by atoms with Crippen LogP contribution < -0.4 is 4.90 Å². The number of nitrogens with zero attached hydrogens (tertiary/aromatic N) is 3. The van der Waals surface area contributed by atoms with Gasteiger partial charge in [-0.2, -0.15) is 0 Å². The van der Waals surface area contributed by atoms with E-state index in [-0.39, 0.29) is 10.6 Å². The Morgan fingerprint density at radius 1 is 1.38 bits per heavy atom. The minimum absolute atomic E-state index is 0.103. The monoisotopic (exact) mass is 287 g/mol. The van der Waals surface area contributed by atoms with Crippen LogP contribution in [-0.2, 0) is 0 Å². The summed E-state index contributed by atoms with van der Waals surface area (Å²) in [7, 11) is 0. The van der Waals surface area contributed by atoms with Gasteiger partial charge in [0, 0.05) is 18.7 Å². The van der Waals surface area contributed by atoms with Gasteiger partial charge in [0.05, 0.1) is 4.92 Å². The molecule has 1 unspecified atom stereocenters. The van der Waals surface area contributed by atoms with E-state index in [1.54, 1.807) is 6.92 Å². The second-order valence-corrected chi connectivity index (χ2v) is 6.33. The third kappa shape index (κ3) is 2.77. The molecule has 0 amide bonds. The van der Waals surface area contributed by atoms with Gasteiger partial charge < -0.3 is 4.90 Å². The van der Waals surface area contributed by atoms with Crippen LogP contribution in [0.2, 0.25) is 0 Å². The van der Waals surface area contributed by atoms with Crippen LogP contribution in [0.25, 0.3) is 0 Å². The van der Waals surface area contributed by atoms with Gasteiger partial charge in [-0.15, -0.1) is 0 Å². The molecule has 0 saturated carbocycles. The molecule has 2 heterocycles. The van der Waals surface area contributed by atoms with Crippen LogP contribution in [0.15, 0.2) is 24.4 Å². The molecule has 1 atom stereocenters. The Morgan fingerprint density at radius 3 is 2.90 bits per heavy atom. The molecule has 112 valence electrons. The molecule has 1 saturated heterocycles. The summed E-state index contributed by atoms with van der Waals surface area (Å²) in [6.07, 6.45) is 12.0. The first-order chi connectivity index (χ1) is 10.1. The van der Waals surface area contributed by atoms with Gasteiger partial charge in [-0.05, 0) is 50.5 Å². The third-order valence-corrected chi connectivity index (χ3v) is 4.81. The van der Waals surface area contributed by atoms with Crippen LogP contribution in [0.4, 0.5) is 11.5 Å². The molecule has 0 radical (unpaired) electrons. The lowest BCUT2D eigenvalue weighted by Gasteiger charge is -2.44. The second kappa shape index (κ2) is 5.47. The number of hydrogen-bond donors (Lipinski definition) is 0. The Labute approximate surface area is 124 Å². The lowest BCUT2D eigenvalue weighted by Crippen LogP contribution is -2.44. The van der Waals surface area contributed by atoms with E-state index < -0.39 is 0 Å². The minimum atomic E-state index is -0.365. The van der Waals surface area contributed by atoms with Crippen LogP contribution in [0.3, 0.4) is 0 Å². The van der Waals surface area contributed by atoms with Gasteiger partial charge in [-0.25, -0.2) is 4.98 Å². The molecule has 1 aromatic heterocycles. The van der Waals surface area contributed by atoms with Crippen LogP contribution in [-0.4, -0.2) is 23.0 Å². The minimum Gasteiger partial charge on any atom is -0.356 e. The normalized spacial score (nSPS) is 25.3. The highest BCUT2D eigenvalue weighted by atomic mass is 16.6. The Morgan fingerprint density at radius 2 is 2.24 bits per heavy atom. The van der Waals surface area contributed by atoms with Crippen molar-refractivity contribution >= 4 is 11.5 Å². The largest absolute Gasteiger partial charge is 0.356 e. The first-order valence-electron chi connectivity index (χ1n) is 7.61. The van der Waals surface area contributed by atoms with E-state index in [2.05, 4.69) is 22.0 Å². The van der Waals surface area contributed by atoms with Crippen LogP contribution in [0.1, 0.15) is 37.7 Å². The van der Waals surface area contributed by atoms with E-state index in [9.17, 15) is 10.1 Å². The Kier molecular flexibility index (Phi) is 3.66. The molecule has 2 aliphatic rings. The second-order valence-electron chi connectivity index (χ2n) is 6.33. The average molecular weight is 287 g/mol. The molecule has 1 aliphatic heterocycles. The summed E-state index contributed by atoms with van der Waals surface area (Å²) in [5.41, 5.74) is 1.17. The fourth-order valence-corrected chi connectivity index (χ4v) is 3.61. The van der Waals surface area contributed by atoms with E-state index in [1.165, 1.54) is 31.9 Å². The zero-order valence-electron chi connectivity index (χ0n) is 12.4. The van der Waals surface area contributed by atoms with Crippen molar-refractivity contribution in [1.29, 1.82) is 0 Å². The molecule has 3 rings (SSSR count). The number of anilines is 1. The summed E-state index contributed by atoms with van der Waals surface area (Å²) in [4.78, 5) is 17.2. The number of hydrogen-bond acceptors (Lipinski definition) is 4. The topological polar surface area (TPSA) is 59.3 Å². The standard InChI is InChI=1S/C16H21N3O2/c1-13-10-15(17-11-14(13)19(20)21)18-9-5-8-16(12-18)6-3-2-4-7-16/h2-3,10-11H,4-9,12H2,1H3. The molecule has 1 spiro atoms. The van der Waals surface area contributed by atoms with Crippen molar-refractivity contribution in [2.45, 2.75) is 39.0 Å². The van der Waals surface area contributed by atoms with E-state index >= 15 is 0 Å². The van der Waals surface area contributed by atoms with Crippen molar-refractivity contribution in [3.63, 3.8) is 0 Å². The van der Waals surface area contributed by atoms with Crippen LogP contribution >= 0.6 is 0 Å². The number of aromatic nitrogens is 1. The van der Waals surface area contributed by atoms with Crippen LogP contribution in [0, 0.1) is 22.5 Å². The van der Waals surface area contributed by atoms with Gasteiger partial charge in [-0.3, -0.25) is 10.1 Å². The highest BCUT2D eigenvalue weighted by Crippen LogP contribution is 2.41. The Bertz CT molecular complexity index is 585. The van der Waals surface area contributed by atoms with Crippen LogP contribution in [0.5, 0.6) is 0 Å². The number of pyridine rings is 1. The van der Waals surface area contributed by atoms with E-state index in [0.717, 1.165) is 25.3 Å². The van der Waals surface area contributed by atoms with Crippen molar-refractivity contribution < 1.29 is 4.92 Å². The molecule has 1 aromatic rings. The summed E-state index contributed by atoms with van der Waals surface area (Å²) < 4.78 is 0. The molecule has 21 heavy (non-hydrogen) atoms. The van der Waals surface area contributed by atoms with Gasteiger partial charge in [0.25, 0.3) is 5.69 Å². The fraction of sp³-hybridized carbons (Fsp3) is 0.562. The van der Waals surface area contributed by atoms with Crippen molar-refractivity contribution in [2.24, 2.45) is 5.41 Å². The number of rotatable bonds is 2. The predicted octanol–water partition coefficient (Wildman–Crippen LogP) is 3.62. The van der Waals surface area contributed by atoms with Crippen molar-refractivity contribution in [2.75, 3.05) is 18.0 Å². The Balaban J connectivity index is 1.82. The number of aryl methyl sites for hydroxylation is 1. The summed E-state index contributed by atoms with van der Waals surface area (Å²) in [6, 6.07) is 1.86. The molecule has 0 N–H and O–H groups in total. The van der Waals surface area contributed by atoms with Crippen molar-refractivity contribution in [3.05, 3.63) is 40.1 Å². The van der Waals surface area contributed by atoms with Crippen molar-refractivity contribution in [1.82, 2.24) is 4.98 Å². The fourth-order valence-electron chi connectivity index (χ4n) is 3.61. The van der Waals surface area contributed by atoms with Gasteiger partial charge in [0.2, 0.25) is 0 Å². The van der Waals surface area contributed by atoms with Gasteiger partial charge in [0.1, 0.15) is 12.0 Å². The number of nitro groups is 1.